The smallest absolute Gasteiger partial charge is 0.253 e. The van der Waals surface area contributed by atoms with Gasteiger partial charge in [-0.2, -0.15) is 0 Å². The highest BCUT2D eigenvalue weighted by atomic mass is 16.1. The molecule has 1 aromatic heterocycles. The van der Waals surface area contributed by atoms with Crippen LogP contribution in [-0.2, 0) is 0 Å². The third-order valence-electron chi connectivity index (χ3n) is 2.98. The van der Waals surface area contributed by atoms with Gasteiger partial charge in [0.15, 0.2) is 0 Å². The van der Waals surface area contributed by atoms with Crippen molar-refractivity contribution in [1.82, 2.24) is 10.3 Å². The summed E-state index contributed by atoms with van der Waals surface area (Å²) in [4.78, 5) is 15.4. The van der Waals surface area contributed by atoms with Crippen molar-refractivity contribution < 1.29 is 4.79 Å². The first-order valence-corrected chi connectivity index (χ1v) is 6.01. The number of aromatic nitrogens is 1. The van der Waals surface area contributed by atoms with Crippen molar-refractivity contribution >= 4 is 16.8 Å². The van der Waals surface area contributed by atoms with Crippen molar-refractivity contribution in [2.75, 3.05) is 6.54 Å². The molecule has 2 aromatic rings. The van der Waals surface area contributed by atoms with E-state index in [9.17, 15) is 4.79 Å². The SMILES string of the molecule is CCCNC(=O)c1c(C)[nH]c2cccc(C)c12. The number of amides is 1. The summed E-state index contributed by atoms with van der Waals surface area (Å²) >= 11 is 0. The molecule has 0 atom stereocenters. The minimum atomic E-state index is 0.0184. The summed E-state index contributed by atoms with van der Waals surface area (Å²) in [6, 6.07) is 6.04. The number of benzene rings is 1. The quantitative estimate of drug-likeness (QED) is 0.836. The Balaban J connectivity index is 2.52. The first kappa shape index (κ1) is 11.7. The summed E-state index contributed by atoms with van der Waals surface area (Å²) in [5, 5.41) is 3.98. The molecule has 0 aliphatic carbocycles. The van der Waals surface area contributed by atoms with E-state index in [1.807, 2.05) is 39.0 Å². The van der Waals surface area contributed by atoms with Gasteiger partial charge in [-0.05, 0) is 31.9 Å². The number of carbonyl (C=O) groups is 1. The second-order valence-electron chi connectivity index (χ2n) is 4.38. The molecule has 90 valence electrons. The molecular weight excluding hydrogens is 212 g/mol. The topological polar surface area (TPSA) is 44.9 Å². The Morgan fingerprint density at radius 3 is 2.82 bits per heavy atom. The fraction of sp³-hybridized carbons (Fsp3) is 0.357. The van der Waals surface area contributed by atoms with Crippen LogP contribution in [0.4, 0.5) is 0 Å². The van der Waals surface area contributed by atoms with E-state index >= 15 is 0 Å². The molecule has 17 heavy (non-hydrogen) atoms. The first-order chi connectivity index (χ1) is 8.15. The Bertz CT molecular complexity index is 555. The van der Waals surface area contributed by atoms with E-state index in [4.69, 9.17) is 0 Å². The third kappa shape index (κ3) is 2.05. The lowest BCUT2D eigenvalue weighted by Crippen LogP contribution is -2.24. The van der Waals surface area contributed by atoms with Gasteiger partial charge in [-0.1, -0.05) is 19.1 Å². The Morgan fingerprint density at radius 1 is 1.35 bits per heavy atom. The zero-order chi connectivity index (χ0) is 12.4. The maximum absolute atomic E-state index is 12.1. The van der Waals surface area contributed by atoms with Crippen molar-refractivity contribution in [3.63, 3.8) is 0 Å². The Hall–Kier alpha value is -1.77. The van der Waals surface area contributed by atoms with Crippen LogP contribution in [0, 0.1) is 13.8 Å². The largest absolute Gasteiger partial charge is 0.358 e. The van der Waals surface area contributed by atoms with Gasteiger partial charge < -0.3 is 10.3 Å². The highest BCUT2D eigenvalue weighted by Gasteiger charge is 2.16. The lowest BCUT2D eigenvalue weighted by molar-refractivity contribution is 0.0954. The average molecular weight is 230 g/mol. The molecule has 0 radical (unpaired) electrons. The zero-order valence-electron chi connectivity index (χ0n) is 10.6. The predicted octanol–water partition coefficient (Wildman–Crippen LogP) is 2.92. The van der Waals surface area contributed by atoms with Gasteiger partial charge in [0, 0.05) is 23.1 Å². The van der Waals surface area contributed by atoms with Crippen LogP contribution in [0.1, 0.15) is 35.0 Å². The Labute approximate surface area is 101 Å². The van der Waals surface area contributed by atoms with Gasteiger partial charge in [-0.15, -0.1) is 0 Å². The van der Waals surface area contributed by atoms with E-state index < -0.39 is 0 Å². The molecule has 0 spiro atoms. The minimum Gasteiger partial charge on any atom is -0.358 e. The molecule has 0 bridgehead atoms. The fourth-order valence-corrected chi connectivity index (χ4v) is 2.17. The molecule has 3 heteroatoms. The average Bonchev–Trinajstić information content (AvgIpc) is 2.64. The molecule has 0 saturated heterocycles. The maximum Gasteiger partial charge on any atom is 0.253 e. The van der Waals surface area contributed by atoms with Crippen molar-refractivity contribution in [3.05, 3.63) is 35.0 Å². The summed E-state index contributed by atoms with van der Waals surface area (Å²) in [7, 11) is 0. The van der Waals surface area contributed by atoms with Gasteiger partial charge >= 0.3 is 0 Å². The van der Waals surface area contributed by atoms with Crippen LogP contribution in [-0.4, -0.2) is 17.4 Å². The van der Waals surface area contributed by atoms with E-state index in [-0.39, 0.29) is 5.91 Å². The van der Waals surface area contributed by atoms with Crippen molar-refractivity contribution in [2.24, 2.45) is 0 Å². The molecule has 1 aromatic carbocycles. The second kappa shape index (κ2) is 4.62. The fourth-order valence-electron chi connectivity index (χ4n) is 2.17. The van der Waals surface area contributed by atoms with Crippen LogP contribution >= 0.6 is 0 Å². The normalized spacial score (nSPS) is 10.8. The van der Waals surface area contributed by atoms with Crippen LogP contribution in [0.3, 0.4) is 0 Å². The molecule has 0 aliphatic heterocycles. The number of aromatic amines is 1. The monoisotopic (exact) mass is 230 g/mol. The summed E-state index contributed by atoms with van der Waals surface area (Å²) in [5.41, 5.74) is 3.88. The van der Waals surface area contributed by atoms with Gasteiger partial charge in [0.2, 0.25) is 0 Å². The highest BCUT2D eigenvalue weighted by Crippen LogP contribution is 2.25. The van der Waals surface area contributed by atoms with Crippen LogP contribution in [0.2, 0.25) is 0 Å². The van der Waals surface area contributed by atoms with E-state index in [1.54, 1.807) is 0 Å². The highest BCUT2D eigenvalue weighted by molar-refractivity contribution is 6.09. The van der Waals surface area contributed by atoms with Crippen LogP contribution in [0.25, 0.3) is 10.9 Å². The number of carbonyl (C=O) groups excluding carboxylic acids is 1. The molecule has 0 fully saturated rings. The molecule has 3 nitrogen and oxygen atoms in total. The van der Waals surface area contributed by atoms with Crippen LogP contribution in [0.15, 0.2) is 18.2 Å². The zero-order valence-corrected chi connectivity index (χ0v) is 10.6. The number of nitrogens with one attached hydrogen (secondary N) is 2. The molecule has 1 heterocycles. The van der Waals surface area contributed by atoms with Gasteiger partial charge in [0.1, 0.15) is 0 Å². The van der Waals surface area contributed by atoms with Gasteiger partial charge in [0.25, 0.3) is 5.91 Å². The number of H-pyrrole nitrogens is 1. The summed E-state index contributed by atoms with van der Waals surface area (Å²) < 4.78 is 0. The van der Waals surface area contributed by atoms with Crippen molar-refractivity contribution in [1.29, 1.82) is 0 Å². The summed E-state index contributed by atoms with van der Waals surface area (Å²) in [6.45, 7) is 6.75. The lowest BCUT2D eigenvalue weighted by Gasteiger charge is -2.04. The first-order valence-electron chi connectivity index (χ1n) is 6.01. The van der Waals surface area contributed by atoms with Crippen LogP contribution in [0.5, 0.6) is 0 Å². The van der Waals surface area contributed by atoms with Gasteiger partial charge in [0.05, 0.1) is 5.56 Å². The van der Waals surface area contributed by atoms with Crippen LogP contribution < -0.4 is 5.32 Å². The molecule has 2 rings (SSSR count). The van der Waals surface area contributed by atoms with Crippen molar-refractivity contribution in [2.45, 2.75) is 27.2 Å². The Kier molecular flexibility index (Phi) is 3.18. The minimum absolute atomic E-state index is 0.0184. The van der Waals surface area contributed by atoms with E-state index in [0.717, 1.165) is 40.7 Å². The predicted molar refractivity (Wildman–Crippen MR) is 70.4 cm³/mol. The molecule has 0 saturated carbocycles. The second-order valence-corrected chi connectivity index (χ2v) is 4.38. The van der Waals surface area contributed by atoms with E-state index in [2.05, 4.69) is 10.3 Å². The van der Waals surface area contributed by atoms with E-state index in [1.165, 1.54) is 0 Å². The number of hydrogen-bond acceptors (Lipinski definition) is 1. The lowest BCUT2D eigenvalue weighted by atomic mass is 10.1. The number of fused-ring (bicyclic) bond motifs is 1. The number of aryl methyl sites for hydroxylation is 2. The molecule has 0 unspecified atom stereocenters. The van der Waals surface area contributed by atoms with Gasteiger partial charge in [-0.25, -0.2) is 0 Å². The molecule has 1 amide bonds. The molecule has 2 N–H and O–H groups in total. The van der Waals surface area contributed by atoms with E-state index in [0.29, 0.717) is 0 Å². The maximum atomic E-state index is 12.1. The summed E-state index contributed by atoms with van der Waals surface area (Å²) in [6.07, 6.45) is 0.951. The number of hydrogen-bond donors (Lipinski definition) is 2. The standard InChI is InChI=1S/C14H18N2O/c1-4-8-15-14(17)13-10(3)16-11-7-5-6-9(2)12(11)13/h5-7,16H,4,8H2,1-3H3,(H,15,17). The molecular formula is C14H18N2O. The third-order valence-corrected chi connectivity index (χ3v) is 2.98. The van der Waals surface area contributed by atoms with Crippen molar-refractivity contribution in [3.8, 4) is 0 Å². The molecule has 0 aliphatic rings. The Morgan fingerprint density at radius 2 is 2.12 bits per heavy atom. The summed E-state index contributed by atoms with van der Waals surface area (Å²) in [5.74, 6) is 0.0184. The van der Waals surface area contributed by atoms with Gasteiger partial charge in [-0.3, -0.25) is 4.79 Å². The number of rotatable bonds is 3.